The molecule has 0 amide bonds. The summed E-state index contributed by atoms with van der Waals surface area (Å²) in [5.74, 6) is 0.839. The first-order valence-electron chi connectivity index (χ1n) is 6.16. The molecule has 0 bridgehead atoms. The lowest BCUT2D eigenvalue weighted by Crippen LogP contribution is -2.24. The highest BCUT2D eigenvalue weighted by Gasteiger charge is 2.06. The summed E-state index contributed by atoms with van der Waals surface area (Å²) in [4.78, 5) is 9.89. The van der Waals surface area contributed by atoms with Crippen LogP contribution in [-0.4, -0.2) is 23.1 Å². The van der Waals surface area contributed by atoms with Gasteiger partial charge in [-0.3, -0.25) is 0 Å². The molecule has 0 aliphatic heterocycles. The lowest BCUT2D eigenvalue weighted by atomic mass is 10.1. The third kappa shape index (κ3) is 2.76. The lowest BCUT2D eigenvalue weighted by molar-refractivity contribution is 0.820. The Kier molecular flexibility index (Phi) is 4.10. The summed E-state index contributed by atoms with van der Waals surface area (Å²) in [6.07, 6.45) is 0. The minimum atomic E-state index is 0.620. The van der Waals surface area contributed by atoms with Crippen molar-refractivity contribution in [2.75, 3.05) is 18.0 Å². The van der Waals surface area contributed by atoms with Crippen LogP contribution in [0.25, 0.3) is 11.3 Å². The van der Waals surface area contributed by atoms with E-state index in [1.807, 2.05) is 24.3 Å². The highest BCUT2D eigenvalue weighted by Crippen LogP contribution is 2.19. The van der Waals surface area contributed by atoms with Crippen molar-refractivity contribution in [3.63, 3.8) is 0 Å². The van der Waals surface area contributed by atoms with E-state index in [9.17, 15) is 0 Å². The van der Waals surface area contributed by atoms with Gasteiger partial charge in [0.05, 0.1) is 5.69 Å². The highest BCUT2D eigenvalue weighted by atomic mass is 32.1. The molecule has 0 fully saturated rings. The van der Waals surface area contributed by atoms with Gasteiger partial charge in [0.1, 0.15) is 4.64 Å². The van der Waals surface area contributed by atoms with E-state index < -0.39 is 0 Å². The number of hydrogen-bond donors (Lipinski definition) is 1. The summed E-state index contributed by atoms with van der Waals surface area (Å²) in [5.41, 5.74) is 2.14. The van der Waals surface area contributed by atoms with Crippen LogP contribution in [0.4, 0.5) is 5.95 Å². The molecule has 1 N–H and O–H groups in total. The van der Waals surface area contributed by atoms with Crippen molar-refractivity contribution in [1.29, 1.82) is 0 Å². The summed E-state index contributed by atoms with van der Waals surface area (Å²) >= 11 is 5.24. The van der Waals surface area contributed by atoms with Gasteiger partial charge in [0.15, 0.2) is 0 Å². The molecule has 0 radical (unpaired) electrons. The zero-order valence-corrected chi connectivity index (χ0v) is 11.5. The molecule has 0 saturated carbocycles. The van der Waals surface area contributed by atoms with Gasteiger partial charge >= 0.3 is 0 Å². The molecule has 1 aromatic heterocycles. The van der Waals surface area contributed by atoms with Gasteiger partial charge < -0.3 is 9.88 Å². The molecular weight excluding hydrogens is 242 g/mol. The molecule has 4 heteroatoms. The van der Waals surface area contributed by atoms with Crippen LogP contribution in [0.2, 0.25) is 0 Å². The van der Waals surface area contributed by atoms with Crippen molar-refractivity contribution in [2.45, 2.75) is 13.8 Å². The highest BCUT2D eigenvalue weighted by molar-refractivity contribution is 7.71. The van der Waals surface area contributed by atoms with Crippen LogP contribution in [0.15, 0.2) is 36.4 Å². The third-order valence-electron chi connectivity index (χ3n) is 2.88. The molecule has 0 saturated heterocycles. The van der Waals surface area contributed by atoms with E-state index >= 15 is 0 Å². The molecule has 0 aliphatic rings. The maximum atomic E-state index is 5.24. The standard InChI is InChI=1S/C14H17N3S/c1-3-17(4-2)14-15-12(10-13(18)16-14)11-8-6-5-7-9-11/h5-10H,3-4H2,1-2H3,(H,15,16,18). The van der Waals surface area contributed by atoms with Crippen LogP contribution in [0.3, 0.4) is 0 Å². The summed E-state index contributed by atoms with van der Waals surface area (Å²) in [6.45, 7) is 6.04. The Labute approximate surface area is 113 Å². The Morgan fingerprint density at radius 1 is 1.17 bits per heavy atom. The van der Waals surface area contributed by atoms with Gasteiger partial charge in [-0.05, 0) is 25.5 Å². The van der Waals surface area contributed by atoms with Gasteiger partial charge in [-0.15, -0.1) is 0 Å². The number of H-pyrrole nitrogens is 1. The van der Waals surface area contributed by atoms with Crippen molar-refractivity contribution in [2.24, 2.45) is 0 Å². The maximum absolute atomic E-state index is 5.24. The molecule has 2 aromatic rings. The zero-order chi connectivity index (χ0) is 13.0. The van der Waals surface area contributed by atoms with Crippen LogP contribution in [0.1, 0.15) is 13.8 Å². The molecule has 2 rings (SSSR count). The van der Waals surface area contributed by atoms with Gasteiger partial charge in [0.2, 0.25) is 5.95 Å². The molecule has 1 heterocycles. The van der Waals surface area contributed by atoms with Gasteiger partial charge in [0, 0.05) is 13.1 Å². The second kappa shape index (κ2) is 5.78. The molecule has 0 spiro atoms. The van der Waals surface area contributed by atoms with Crippen LogP contribution in [0.5, 0.6) is 0 Å². The Morgan fingerprint density at radius 3 is 2.44 bits per heavy atom. The van der Waals surface area contributed by atoms with Crippen LogP contribution in [-0.2, 0) is 0 Å². The van der Waals surface area contributed by atoms with Crippen LogP contribution in [0, 0.1) is 4.64 Å². The first-order chi connectivity index (χ1) is 8.74. The Morgan fingerprint density at radius 2 is 1.83 bits per heavy atom. The molecule has 1 aromatic carbocycles. The van der Waals surface area contributed by atoms with Crippen LogP contribution >= 0.6 is 12.2 Å². The SMILES string of the molecule is CCN(CC)c1nc(=S)cc(-c2ccccc2)[nH]1. The second-order valence-electron chi connectivity index (χ2n) is 3.99. The second-order valence-corrected chi connectivity index (χ2v) is 4.41. The molecule has 18 heavy (non-hydrogen) atoms. The van der Waals surface area contributed by atoms with E-state index in [4.69, 9.17) is 12.2 Å². The Balaban J connectivity index is 2.48. The fourth-order valence-corrected chi connectivity index (χ4v) is 2.10. The number of nitrogens with one attached hydrogen (secondary N) is 1. The summed E-state index contributed by atoms with van der Waals surface area (Å²) < 4.78 is 0.620. The van der Waals surface area contributed by atoms with Crippen molar-refractivity contribution in [3.05, 3.63) is 41.0 Å². The number of rotatable bonds is 4. The third-order valence-corrected chi connectivity index (χ3v) is 3.09. The van der Waals surface area contributed by atoms with E-state index in [0.29, 0.717) is 4.64 Å². The van der Waals surface area contributed by atoms with Crippen molar-refractivity contribution >= 4 is 18.2 Å². The van der Waals surface area contributed by atoms with Crippen LogP contribution < -0.4 is 4.90 Å². The number of anilines is 1. The quantitative estimate of drug-likeness (QED) is 0.850. The number of nitrogens with zero attached hydrogens (tertiary/aromatic N) is 2. The van der Waals surface area contributed by atoms with Gasteiger partial charge in [-0.2, -0.15) is 0 Å². The first-order valence-corrected chi connectivity index (χ1v) is 6.57. The number of aromatic nitrogens is 2. The lowest BCUT2D eigenvalue weighted by Gasteiger charge is -2.19. The Hall–Kier alpha value is -1.68. The predicted octanol–water partition coefficient (Wildman–Crippen LogP) is 3.65. The van der Waals surface area contributed by atoms with E-state index in [1.165, 1.54) is 0 Å². The number of aromatic amines is 1. The van der Waals surface area contributed by atoms with Crippen molar-refractivity contribution < 1.29 is 0 Å². The number of hydrogen-bond acceptors (Lipinski definition) is 3. The molecule has 3 nitrogen and oxygen atoms in total. The maximum Gasteiger partial charge on any atom is 0.204 e. The Bertz CT molecular complexity index is 559. The van der Waals surface area contributed by atoms with Gasteiger partial charge in [0.25, 0.3) is 0 Å². The molecular formula is C14H17N3S. The molecule has 0 unspecified atom stereocenters. The summed E-state index contributed by atoms with van der Waals surface area (Å²) in [6, 6.07) is 12.1. The number of benzene rings is 1. The van der Waals surface area contributed by atoms with Gasteiger partial charge in [-0.1, -0.05) is 42.5 Å². The summed E-state index contributed by atoms with van der Waals surface area (Å²) in [5, 5.41) is 0. The largest absolute Gasteiger partial charge is 0.343 e. The predicted molar refractivity (Wildman–Crippen MR) is 78.4 cm³/mol. The van der Waals surface area contributed by atoms with Crippen molar-refractivity contribution in [3.8, 4) is 11.3 Å². The van der Waals surface area contributed by atoms with E-state index in [-0.39, 0.29) is 0 Å². The monoisotopic (exact) mass is 259 g/mol. The van der Waals surface area contributed by atoms with E-state index in [2.05, 4.69) is 40.8 Å². The smallest absolute Gasteiger partial charge is 0.204 e. The average Bonchev–Trinajstić information content (AvgIpc) is 2.40. The molecule has 0 aliphatic carbocycles. The fraction of sp³-hybridized carbons (Fsp3) is 0.286. The normalized spacial score (nSPS) is 10.3. The topological polar surface area (TPSA) is 31.9 Å². The van der Waals surface area contributed by atoms with Gasteiger partial charge in [-0.25, -0.2) is 4.98 Å². The van der Waals surface area contributed by atoms with Crippen molar-refractivity contribution in [1.82, 2.24) is 9.97 Å². The fourth-order valence-electron chi connectivity index (χ4n) is 1.89. The zero-order valence-electron chi connectivity index (χ0n) is 10.7. The summed E-state index contributed by atoms with van der Waals surface area (Å²) in [7, 11) is 0. The first kappa shape index (κ1) is 12.8. The molecule has 94 valence electrons. The van der Waals surface area contributed by atoms with E-state index in [1.54, 1.807) is 0 Å². The minimum Gasteiger partial charge on any atom is -0.343 e. The molecule has 0 atom stereocenters. The minimum absolute atomic E-state index is 0.620. The van der Waals surface area contributed by atoms with E-state index in [0.717, 1.165) is 30.3 Å². The average molecular weight is 259 g/mol.